The smallest absolute Gasteiger partial charge is 0.321 e. The van der Waals surface area contributed by atoms with E-state index in [0.717, 1.165) is 0 Å². The molecular formula is C13H15Cl2N3O2. The summed E-state index contributed by atoms with van der Waals surface area (Å²) in [6, 6.07) is 4.73. The Morgan fingerprint density at radius 3 is 2.20 bits per heavy atom. The van der Waals surface area contributed by atoms with E-state index in [4.69, 9.17) is 23.2 Å². The van der Waals surface area contributed by atoms with Crippen LogP contribution in [-0.2, 0) is 4.79 Å². The molecular weight excluding hydrogens is 301 g/mol. The van der Waals surface area contributed by atoms with Crippen molar-refractivity contribution in [3.05, 3.63) is 28.2 Å². The number of nitrogens with zero attached hydrogens (tertiary/aromatic N) is 2. The Kier molecular flexibility index (Phi) is 4.73. The molecule has 5 nitrogen and oxygen atoms in total. The van der Waals surface area contributed by atoms with Crippen LogP contribution in [0.5, 0.6) is 0 Å². The molecule has 0 bridgehead atoms. The summed E-state index contributed by atoms with van der Waals surface area (Å²) in [4.78, 5) is 26.7. The van der Waals surface area contributed by atoms with Gasteiger partial charge in [-0.1, -0.05) is 23.2 Å². The number of carbonyl (C=O) groups is 2. The summed E-state index contributed by atoms with van der Waals surface area (Å²) in [6.45, 7) is 3.69. The van der Waals surface area contributed by atoms with Gasteiger partial charge in [0, 0.05) is 38.8 Å². The van der Waals surface area contributed by atoms with Crippen molar-refractivity contribution in [1.82, 2.24) is 9.80 Å². The van der Waals surface area contributed by atoms with E-state index in [9.17, 15) is 9.59 Å². The van der Waals surface area contributed by atoms with Gasteiger partial charge in [0.05, 0.1) is 10.0 Å². The number of halogens is 2. The SMILES string of the molecule is CC(=O)N1CCN(C(=O)Nc2ccc(Cl)c(Cl)c2)CC1. The molecule has 2 rings (SSSR count). The zero-order chi connectivity index (χ0) is 14.7. The number of urea groups is 1. The van der Waals surface area contributed by atoms with E-state index in [1.165, 1.54) is 6.92 Å². The monoisotopic (exact) mass is 315 g/mol. The summed E-state index contributed by atoms with van der Waals surface area (Å²) in [5.74, 6) is 0.0366. The molecule has 3 amide bonds. The normalized spacial score (nSPS) is 15.2. The van der Waals surface area contributed by atoms with E-state index >= 15 is 0 Å². The average molecular weight is 316 g/mol. The summed E-state index contributed by atoms with van der Waals surface area (Å²) in [6.07, 6.45) is 0. The highest BCUT2D eigenvalue weighted by Gasteiger charge is 2.22. The van der Waals surface area contributed by atoms with Crippen molar-refractivity contribution in [2.24, 2.45) is 0 Å². The summed E-state index contributed by atoms with van der Waals surface area (Å²) >= 11 is 11.7. The summed E-state index contributed by atoms with van der Waals surface area (Å²) in [5.41, 5.74) is 0.596. The first-order valence-corrected chi connectivity index (χ1v) is 6.99. The van der Waals surface area contributed by atoms with Gasteiger partial charge in [-0.25, -0.2) is 4.79 Å². The van der Waals surface area contributed by atoms with Gasteiger partial charge in [0.25, 0.3) is 0 Å². The maximum atomic E-state index is 12.1. The third kappa shape index (κ3) is 3.55. The molecule has 1 aromatic carbocycles. The van der Waals surface area contributed by atoms with Crippen LogP contribution >= 0.6 is 23.2 Å². The lowest BCUT2D eigenvalue weighted by molar-refractivity contribution is -0.130. The molecule has 0 aliphatic carbocycles. The number of benzene rings is 1. The lowest BCUT2D eigenvalue weighted by Crippen LogP contribution is -2.51. The quantitative estimate of drug-likeness (QED) is 0.866. The van der Waals surface area contributed by atoms with Gasteiger partial charge in [-0.3, -0.25) is 4.79 Å². The fourth-order valence-corrected chi connectivity index (χ4v) is 2.30. The second-order valence-electron chi connectivity index (χ2n) is 4.55. The van der Waals surface area contributed by atoms with E-state index in [-0.39, 0.29) is 11.9 Å². The van der Waals surface area contributed by atoms with E-state index < -0.39 is 0 Å². The largest absolute Gasteiger partial charge is 0.339 e. The summed E-state index contributed by atoms with van der Waals surface area (Å²) in [7, 11) is 0. The second-order valence-corrected chi connectivity index (χ2v) is 5.37. The minimum atomic E-state index is -0.202. The number of carbonyl (C=O) groups excluding carboxylic acids is 2. The molecule has 108 valence electrons. The molecule has 0 radical (unpaired) electrons. The molecule has 1 aliphatic rings. The Hall–Kier alpha value is -1.46. The summed E-state index contributed by atoms with van der Waals surface area (Å²) < 4.78 is 0. The Balaban J connectivity index is 1.92. The van der Waals surface area contributed by atoms with Crippen molar-refractivity contribution in [3.8, 4) is 0 Å². The van der Waals surface area contributed by atoms with Gasteiger partial charge in [0.2, 0.25) is 5.91 Å². The standard InChI is InChI=1S/C13H15Cl2N3O2/c1-9(19)17-4-6-18(7-5-17)13(20)16-10-2-3-11(14)12(15)8-10/h2-3,8H,4-7H2,1H3,(H,16,20). The first kappa shape index (κ1) is 14.9. The predicted molar refractivity (Wildman–Crippen MR) is 79.3 cm³/mol. The third-order valence-electron chi connectivity index (χ3n) is 3.18. The fourth-order valence-electron chi connectivity index (χ4n) is 2.00. The van der Waals surface area contributed by atoms with E-state index in [2.05, 4.69) is 5.32 Å². The van der Waals surface area contributed by atoms with Gasteiger partial charge in [-0.2, -0.15) is 0 Å². The van der Waals surface area contributed by atoms with Crippen molar-refractivity contribution in [2.75, 3.05) is 31.5 Å². The van der Waals surface area contributed by atoms with Gasteiger partial charge in [0.15, 0.2) is 0 Å². The second kappa shape index (κ2) is 6.33. The molecule has 0 unspecified atom stereocenters. The molecule has 1 N–H and O–H groups in total. The average Bonchev–Trinajstić information content (AvgIpc) is 2.43. The molecule has 20 heavy (non-hydrogen) atoms. The van der Waals surface area contributed by atoms with Crippen LogP contribution in [0.25, 0.3) is 0 Å². The fraction of sp³-hybridized carbons (Fsp3) is 0.385. The molecule has 1 fully saturated rings. The highest BCUT2D eigenvalue weighted by atomic mass is 35.5. The minimum absolute atomic E-state index is 0.0366. The number of hydrogen-bond donors (Lipinski definition) is 1. The van der Waals surface area contributed by atoms with Crippen LogP contribution in [0.15, 0.2) is 18.2 Å². The van der Waals surface area contributed by atoms with Crippen LogP contribution in [0, 0.1) is 0 Å². The van der Waals surface area contributed by atoms with Crippen LogP contribution in [0.4, 0.5) is 10.5 Å². The topological polar surface area (TPSA) is 52.7 Å². The maximum absolute atomic E-state index is 12.1. The molecule has 0 spiro atoms. The Bertz CT molecular complexity index is 528. The van der Waals surface area contributed by atoms with Crippen molar-refractivity contribution in [3.63, 3.8) is 0 Å². The number of rotatable bonds is 1. The zero-order valence-electron chi connectivity index (χ0n) is 11.0. The number of piperazine rings is 1. The minimum Gasteiger partial charge on any atom is -0.339 e. The van der Waals surface area contributed by atoms with Gasteiger partial charge in [-0.05, 0) is 18.2 Å². The molecule has 0 atom stereocenters. The maximum Gasteiger partial charge on any atom is 0.321 e. The van der Waals surface area contributed by atoms with Gasteiger partial charge >= 0.3 is 6.03 Å². The molecule has 7 heteroatoms. The molecule has 1 heterocycles. The van der Waals surface area contributed by atoms with Crippen molar-refractivity contribution >= 4 is 40.8 Å². The number of hydrogen-bond acceptors (Lipinski definition) is 2. The van der Waals surface area contributed by atoms with Crippen LogP contribution in [-0.4, -0.2) is 47.9 Å². The van der Waals surface area contributed by atoms with E-state index in [1.807, 2.05) is 0 Å². The summed E-state index contributed by atoms with van der Waals surface area (Å²) in [5, 5.41) is 3.60. The van der Waals surface area contributed by atoms with Crippen LogP contribution < -0.4 is 5.32 Å². The number of nitrogens with one attached hydrogen (secondary N) is 1. The van der Waals surface area contributed by atoms with Crippen LogP contribution in [0.2, 0.25) is 10.0 Å². The highest BCUT2D eigenvalue weighted by molar-refractivity contribution is 6.42. The lowest BCUT2D eigenvalue weighted by atomic mass is 10.3. The zero-order valence-corrected chi connectivity index (χ0v) is 12.5. The van der Waals surface area contributed by atoms with Crippen molar-refractivity contribution < 1.29 is 9.59 Å². The molecule has 1 aromatic rings. The Morgan fingerprint density at radius 2 is 1.65 bits per heavy atom. The highest BCUT2D eigenvalue weighted by Crippen LogP contribution is 2.25. The van der Waals surface area contributed by atoms with Crippen molar-refractivity contribution in [1.29, 1.82) is 0 Å². The molecule has 1 aliphatic heterocycles. The molecule has 0 saturated carbocycles. The first-order valence-electron chi connectivity index (χ1n) is 6.24. The van der Waals surface area contributed by atoms with Gasteiger partial charge in [-0.15, -0.1) is 0 Å². The van der Waals surface area contributed by atoms with Gasteiger partial charge < -0.3 is 15.1 Å². The lowest BCUT2D eigenvalue weighted by Gasteiger charge is -2.34. The first-order chi connectivity index (χ1) is 9.47. The molecule has 1 saturated heterocycles. The van der Waals surface area contributed by atoms with E-state index in [1.54, 1.807) is 28.0 Å². The van der Waals surface area contributed by atoms with Crippen LogP contribution in [0.3, 0.4) is 0 Å². The number of amides is 3. The van der Waals surface area contributed by atoms with E-state index in [0.29, 0.717) is 41.9 Å². The van der Waals surface area contributed by atoms with Gasteiger partial charge in [0.1, 0.15) is 0 Å². The Morgan fingerprint density at radius 1 is 1.05 bits per heavy atom. The Labute approximate surface area is 127 Å². The predicted octanol–water partition coefficient (Wildman–Crippen LogP) is 2.69. The third-order valence-corrected chi connectivity index (χ3v) is 3.92. The molecule has 0 aromatic heterocycles. The van der Waals surface area contributed by atoms with Crippen LogP contribution in [0.1, 0.15) is 6.92 Å². The van der Waals surface area contributed by atoms with Crippen molar-refractivity contribution in [2.45, 2.75) is 6.92 Å². The number of anilines is 1.